The normalized spacial score (nSPS) is 11.9. The maximum Gasteiger partial charge on any atom is 0.191 e. The second kappa shape index (κ2) is 7.40. The topological polar surface area (TPSA) is 70.0 Å². The van der Waals surface area contributed by atoms with Crippen molar-refractivity contribution < 1.29 is 0 Å². The van der Waals surface area contributed by atoms with Crippen molar-refractivity contribution in [1.29, 1.82) is 0 Å². The largest absolute Gasteiger partial charge is 0.361 e. The third kappa shape index (κ3) is 3.71. The maximum absolute atomic E-state index is 6.09. The standard InChI is InChI=1S/C17H21ClN6/c1-19-17(22-11-14-6-8-23-24(14)2)20-7-5-12-10-21-16-4-3-13(18)9-15(12)16/h3-4,6,8-10,21H,5,7,11H2,1-2H3,(H2,19,20,22). The Kier molecular flexibility index (Phi) is 5.05. The summed E-state index contributed by atoms with van der Waals surface area (Å²) in [5.41, 5.74) is 3.44. The van der Waals surface area contributed by atoms with Crippen LogP contribution in [0.5, 0.6) is 0 Å². The third-order valence-electron chi connectivity index (χ3n) is 4.00. The van der Waals surface area contributed by atoms with E-state index in [4.69, 9.17) is 11.6 Å². The zero-order chi connectivity index (χ0) is 16.9. The van der Waals surface area contributed by atoms with Crippen LogP contribution in [0.15, 0.2) is 41.7 Å². The summed E-state index contributed by atoms with van der Waals surface area (Å²) in [6, 6.07) is 7.88. The molecule has 0 aliphatic rings. The van der Waals surface area contributed by atoms with E-state index in [1.165, 1.54) is 10.9 Å². The SMILES string of the molecule is CN=C(NCCc1c[nH]c2ccc(Cl)cc12)NCc1ccnn1C. The number of nitrogens with one attached hydrogen (secondary N) is 3. The Labute approximate surface area is 145 Å². The van der Waals surface area contributed by atoms with Crippen LogP contribution in [0.1, 0.15) is 11.3 Å². The molecule has 0 saturated heterocycles. The van der Waals surface area contributed by atoms with E-state index in [0.29, 0.717) is 6.54 Å². The minimum atomic E-state index is 0.679. The Morgan fingerprint density at radius 3 is 2.96 bits per heavy atom. The first-order valence-corrected chi connectivity index (χ1v) is 8.22. The molecule has 0 unspecified atom stereocenters. The van der Waals surface area contributed by atoms with Crippen molar-refractivity contribution in [3.8, 4) is 0 Å². The van der Waals surface area contributed by atoms with Gasteiger partial charge in [-0.2, -0.15) is 5.10 Å². The molecule has 0 fully saturated rings. The molecule has 3 N–H and O–H groups in total. The molecule has 1 aromatic carbocycles. The van der Waals surface area contributed by atoms with E-state index in [1.54, 1.807) is 13.2 Å². The zero-order valence-electron chi connectivity index (χ0n) is 13.8. The second-order valence-corrected chi connectivity index (χ2v) is 5.99. The number of hydrogen-bond acceptors (Lipinski definition) is 2. The van der Waals surface area contributed by atoms with Crippen LogP contribution in [0.3, 0.4) is 0 Å². The molecule has 7 heteroatoms. The van der Waals surface area contributed by atoms with Crippen LogP contribution in [-0.4, -0.2) is 34.3 Å². The van der Waals surface area contributed by atoms with Gasteiger partial charge in [-0.25, -0.2) is 0 Å². The molecule has 6 nitrogen and oxygen atoms in total. The Bertz CT molecular complexity index is 848. The molecule has 0 atom stereocenters. The molecule has 126 valence electrons. The molecule has 2 aromatic heterocycles. The molecule has 0 amide bonds. The van der Waals surface area contributed by atoms with Gasteiger partial charge in [0.1, 0.15) is 0 Å². The first-order chi connectivity index (χ1) is 11.7. The van der Waals surface area contributed by atoms with E-state index in [2.05, 4.69) is 25.7 Å². The monoisotopic (exact) mass is 344 g/mol. The summed E-state index contributed by atoms with van der Waals surface area (Å²) in [5.74, 6) is 0.772. The predicted molar refractivity (Wildman–Crippen MR) is 98.4 cm³/mol. The van der Waals surface area contributed by atoms with Crippen molar-refractivity contribution in [3.05, 3.63) is 52.9 Å². The van der Waals surface area contributed by atoms with Crippen molar-refractivity contribution in [3.63, 3.8) is 0 Å². The average molecular weight is 345 g/mol. The van der Waals surface area contributed by atoms with E-state index in [0.717, 1.165) is 35.2 Å². The molecule has 0 aliphatic carbocycles. The van der Waals surface area contributed by atoms with E-state index < -0.39 is 0 Å². The maximum atomic E-state index is 6.09. The van der Waals surface area contributed by atoms with Gasteiger partial charge in [0.15, 0.2) is 5.96 Å². The molecule has 3 aromatic rings. The molecular formula is C17H21ClN6. The molecule has 0 saturated carbocycles. The molecule has 0 aliphatic heterocycles. The lowest BCUT2D eigenvalue weighted by Gasteiger charge is -2.11. The molecule has 3 rings (SSSR count). The number of halogens is 1. The number of rotatable bonds is 5. The number of benzene rings is 1. The van der Waals surface area contributed by atoms with E-state index in [9.17, 15) is 0 Å². The summed E-state index contributed by atoms with van der Waals surface area (Å²) in [4.78, 5) is 7.52. The minimum Gasteiger partial charge on any atom is -0.361 e. The minimum absolute atomic E-state index is 0.679. The van der Waals surface area contributed by atoms with Gasteiger partial charge in [0, 0.05) is 49.0 Å². The van der Waals surface area contributed by atoms with E-state index in [-0.39, 0.29) is 0 Å². The Balaban J connectivity index is 1.54. The highest BCUT2D eigenvalue weighted by Crippen LogP contribution is 2.22. The fourth-order valence-electron chi connectivity index (χ4n) is 2.64. The predicted octanol–water partition coefficient (Wildman–Crippen LogP) is 2.46. The van der Waals surface area contributed by atoms with Gasteiger partial charge in [-0.05, 0) is 36.2 Å². The van der Waals surface area contributed by atoms with Crippen LogP contribution in [0.25, 0.3) is 10.9 Å². The molecule has 0 spiro atoms. The van der Waals surface area contributed by atoms with Crippen LogP contribution in [-0.2, 0) is 20.0 Å². The zero-order valence-corrected chi connectivity index (χ0v) is 14.6. The number of fused-ring (bicyclic) bond motifs is 1. The van der Waals surface area contributed by atoms with Crippen LogP contribution < -0.4 is 10.6 Å². The van der Waals surface area contributed by atoms with Gasteiger partial charge in [-0.15, -0.1) is 0 Å². The summed E-state index contributed by atoms with van der Waals surface area (Å²) in [7, 11) is 3.69. The summed E-state index contributed by atoms with van der Waals surface area (Å²) in [6.45, 7) is 1.46. The van der Waals surface area contributed by atoms with Crippen molar-refractivity contribution in [1.82, 2.24) is 25.4 Å². The lowest BCUT2D eigenvalue weighted by molar-refractivity contribution is 0.684. The van der Waals surface area contributed by atoms with Crippen LogP contribution in [0.2, 0.25) is 5.02 Å². The number of nitrogens with zero attached hydrogens (tertiary/aromatic N) is 3. The number of H-pyrrole nitrogens is 1. The first-order valence-electron chi connectivity index (χ1n) is 7.84. The highest BCUT2D eigenvalue weighted by atomic mass is 35.5. The van der Waals surface area contributed by atoms with E-state index in [1.807, 2.05) is 42.2 Å². The Morgan fingerprint density at radius 1 is 1.33 bits per heavy atom. The summed E-state index contributed by atoms with van der Waals surface area (Å²) in [5, 5.41) is 12.7. The fraction of sp³-hybridized carbons (Fsp3) is 0.294. The Hall–Kier alpha value is -2.47. The van der Waals surface area contributed by atoms with Crippen LogP contribution >= 0.6 is 11.6 Å². The van der Waals surface area contributed by atoms with Crippen molar-refractivity contribution in [2.24, 2.45) is 12.0 Å². The smallest absolute Gasteiger partial charge is 0.191 e. The number of aliphatic imine (C=N–C) groups is 1. The van der Waals surface area contributed by atoms with Crippen LogP contribution in [0, 0.1) is 0 Å². The van der Waals surface area contributed by atoms with Crippen LogP contribution in [0.4, 0.5) is 0 Å². The number of hydrogen-bond donors (Lipinski definition) is 3. The second-order valence-electron chi connectivity index (χ2n) is 5.55. The summed E-state index contributed by atoms with van der Waals surface area (Å²) in [6.07, 6.45) is 4.70. The highest BCUT2D eigenvalue weighted by Gasteiger charge is 2.05. The van der Waals surface area contributed by atoms with Gasteiger partial charge in [0.05, 0.1) is 12.2 Å². The third-order valence-corrected chi connectivity index (χ3v) is 4.23. The highest BCUT2D eigenvalue weighted by molar-refractivity contribution is 6.31. The quantitative estimate of drug-likeness (QED) is 0.492. The fourth-order valence-corrected chi connectivity index (χ4v) is 2.81. The van der Waals surface area contributed by atoms with Gasteiger partial charge in [0.2, 0.25) is 0 Å². The van der Waals surface area contributed by atoms with Crippen molar-refractivity contribution >= 4 is 28.5 Å². The number of aromatic nitrogens is 3. The lowest BCUT2D eigenvalue weighted by Crippen LogP contribution is -2.38. The lowest BCUT2D eigenvalue weighted by atomic mass is 10.1. The molecule has 0 bridgehead atoms. The number of aryl methyl sites for hydroxylation is 1. The summed E-state index contributed by atoms with van der Waals surface area (Å²) < 4.78 is 1.84. The van der Waals surface area contributed by atoms with Gasteiger partial charge in [-0.3, -0.25) is 9.67 Å². The summed E-state index contributed by atoms with van der Waals surface area (Å²) >= 11 is 6.09. The van der Waals surface area contributed by atoms with Gasteiger partial charge in [0.25, 0.3) is 0 Å². The van der Waals surface area contributed by atoms with Gasteiger partial charge >= 0.3 is 0 Å². The average Bonchev–Trinajstić information content (AvgIpc) is 3.17. The molecule has 24 heavy (non-hydrogen) atoms. The number of aromatic amines is 1. The Morgan fingerprint density at radius 2 is 2.21 bits per heavy atom. The van der Waals surface area contributed by atoms with E-state index >= 15 is 0 Å². The number of guanidine groups is 1. The van der Waals surface area contributed by atoms with Crippen molar-refractivity contribution in [2.75, 3.05) is 13.6 Å². The molecular weight excluding hydrogens is 324 g/mol. The first kappa shape index (κ1) is 16.4. The van der Waals surface area contributed by atoms with Gasteiger partial charge < -0.3 is 15.6 Å². The van der Waals surface area contributed by atoms with Gasteiger partial charge in [-0.1, -0.05) is 11.6 Å². The molecule has 2 heterocycles. The molecule has 0 radical (unpaired) electrons. The van der Waals surface area contributed by atoms with Crippen molar-refractivity contribution in [2.45, 2.75) is 13.0 Å².